The normalized spacial score (nSPS) is 32.1. The van der Waals surface area contributed by atoms with E-state index in [0.717, 1.165) is 32.5 Å². The van der Waals surface area contributed by atoms with Gasteiger partial charge in [-0.15, -0.1) is 10.2 Å². The fourth-order valence-electron chi connectivity index (χ4n) is 2.99. The van der Waals surface area contributed by atoms with Gasteiger partial charge in [0.2, 0.25) is 11.8 Å². The van der Waals surface area contributed by atoms with Gasteiger partial charge in [-0.1, -0.05) is 20.8 Å². The van der Waals surface area contributed by atoms with E-state index in [4.69, 9.17) is 13.9 Å². The lowest BCUT2D eigenvalue weighted by Gasteiger charge is -2.29. The van der Waals surface area contributed by atoms with Crippen molar-refractivity contribution in [3.63, 3.8) is 0 Å². The Morgan fingerprint density at radius 1 is 1.00 bits per heavy atom. The highest BCUT2D eigenvalue weighted by atomic mass is 16.5. The van der Waals surface area contributed by atoms with Crippen molar-refractivity contribution >= 4 is 0 Å². The lowest BCUT2D eigenvalue weighted by molar-refractivity contribution is 0.0163. The SMILES string of the molecule is CC(C)(C)[C@H]1OCC[C@@H]1c1nnc(C2CCCO2)o1. The predicted molar refractivity (Wildman–Crippen MR) is 68.8 cm³/mol. The van der Waals surface area contributed by atoms with Crippen LogP contribution in [0.4, 0.5) is 0 Å². The average molecular weight is 266 g/mol. The van der Waals surface area contributed by atoms with Gasteiger partial charge in [0.05, 0.1) is 12.0 Å². The minimum absolute atomic E-state index is 0.00309. The quantitative estimate of drug-likeness (QED) is 0.823. The summed E-state index contributed by atoms with van der Waals surface area (Å²) in [7, 11) is 0. The molecule has 0 saturated carbocycles. The third-order valence-corrected chi connectivity index (χ3v) is 3.92. The van der Waals surface area contributed by atoms with Crippen molar-refractivity contribution in [3.05, 3.63) is 11.8 Å². The molecule has 1 aromatic rings. The van der Waals surface area contributed by atoms with E-state index in [0.29, 0.717) is 11.8 Å². The Balaban J connectivity index is 1.78. The molecule has 2 fully saturated rings. The second-order valence-electron chi connectivity index (χ2n) is 6.53. The Bertz CT molecular complexity index is 432. The zero-order valence-corrected chi connectivity index (χ0v) is 11.9. The Hall–Kier alpha value is -0.940. The fourth-order valence-corrected chi connectivity index (χ4v) is 2.99. The number of aromatic nitrogens is 2. The van der Waals surface area contributed by atoms with Crippen molar-refractivity contribution in [2.75, 3.05) is 13.2 Å². The maximum atomic E-state index is 5.86. The number of nitrogens with zero attached hydrogens (tertiary/aromatic N) is 2. The van der Waals surface area contributed by atoms with Crippen LogP contribution in [0.2, 0.25) is 0 Å². The van der Waals surface area contributed by atoms with Gasteiger partial charge < -0.3 is 13.9 Å². The maximum Gasteiger partial charge on any atom is 0.245 e. The van der Waals surface area contributed by atoms with Crippen LogP contribution in [0.15, 0.2) is 4.42 Å². The first-order chi connectivity index (χ1) is 9.05. The van der Waals surface area contributed by atoms with Crippen molar-refractivity contribution in [2.45, 2.75) is 58.2 Å². The van der Waals surface area contributed by atoms with Gasteiger partial charge in [-0.05, 0) is 24.7 Å². The molecule has 0 spiro atoms. The largest absolute Gasteiger partial charge is 0.422 e. The molecule has 0 bridgehead atoms. The smallest absolute Gasteiger partial charge is 0.245 e. The molecule has 19 heavy (non-hydrogen) atoms. The maximum absolute atomic E-state index is 5.86. The second-order valence-corrected chi connectivity index (χ2v) is 6.53. The fraction of sp³-hybridized carbons (Fsp3) is 0.857. The molecule has 3 rings (SSSR count). The zero-order chi connectivity index (χ0) is 13.5. The first-order valence-electron chi connectivity index (χ1n) is 7.12. The summed E-state index contributed by atoms with van der Waals surface area (Å²) in [6.07, 6.45) is 3.14. The Morgan fingerprint density at radius 3 is 2.47 bits per heavy atom. The minimum atomic E-state index is -0.00309. The Labute approximate surface area is 113 Å². The van der Waals surface area contributed by atoms with E-state index in [1.165, 1.54) is 0 Å². The summed E-state index contributed by atoms with van der Waals surface area (Å²) in [5.74, 6) is 1.55. The monoisotopic (exact) mass is 266 g/mol. The molecular weight excluding hydrogens is 244 g/mol. The highest BCUT2D eigenvalue weighted by Crippen LogP contribution is 2.41. The summed E-state index contributed by atoms with van der Waals surface area (Å²) in [6.45, 7) is 8.12. The summed E-state index contributed by atoms with van der Waals surface area (Å²) in [6, 6.07) is 0. The standard InChI is InChI=1S/C14H22N2O3/c1-14(2,3)11-9(6-8-18-11)12-15-16-13(19-12)10-5-4-7-17-10/h9-11H,4-8H2,1-3H3/t9-,10?,11-/m0/s1. The van der Waals surface area contributed by atoms with Crippen LogP contribution in [-0.4, -0.2) is 29.5 Å². The molecule has 0 aliphatic carbocycles. The van der Waals surface area contributed by atoms with Crippen molar-refractivity contribution in [1.29, 1.82) is 0 Å². The van der Waals surface area contributed by atoms with Crippen molar-refractivity contribution in [2.24, 2.45) is 5.41 Å². The Kier molecular flexibility index (Phi) is 3.35. The van der Waals surface area contributed by atoms with E-state index >= 15 is 0 Å². The van der Waals surface area contributed by atoms with E-state index < -0.39 is 0 Å². The van der Waals surface area contributed by atoms with Crippen LogP contribution < -0.4 is 0 Å². The molecule has 3 atom stereocenters. The summed E-state index contributed by atoms with van der Waals surface area (Å²) in [5.41, 5.74) is 0.0830. The number of ether oxygens (including phenoxy) is 2. The molecule has 0 aromatic carbocycles. The van der Waals surface area contributed by atoms with Crippen LogP contribution in [0.5, 0.6) is 0 Å². The van der Waals surface area contributed by atoms with Crippen LogP contribution >= 0.6 is 0 Å². The predicted octanol–water partition coefficient (Wildman–Crippen LogP) is 2.84. The highest BCUT2D eigenvalue weighted by molar-refractivity contribution is 5.03. The van der Waals surface area contributed by atoms with Gasteiger partial charge in [-0.25, -0.2) is 0 Å². The second kappa shape index (κ2) is 4.87. The highest BCUT2D eigenvalue weighted by Gasteiger charge is 2.41. The van der Waals surface area contributed by atoms with Crippen molar-refractivity contribution in [1.82, 2.24) is 10.2 Å². The molecule has 0 N–H and O–H groups in total. The number of rotatable bonds is 2. The topological polar surface area (TPSA) is 57.4 Å². The molecule has 2 aliphatic heterocycles. The van der Waals surface area contributed by atoms with Crippen LogP contribution in [0.1, 0.15) is 63.8 Å². The van der Waals surface area contributed by atoms with Crippen LogP contribution in [0.3, 0.4) is 0 Å². The number of hydrogen-bond acceptors (Lipinski definition) is 5. The molecule has 5 heteroatoms. The summed E-state index contributed by atoms with van der Waals surface area (Å²) < 4.78 is 17.3. The van der Waals surface area contributed by atoms with Crippen LogP contribution in [-0.2, 0) is 9.47 Å². The number of hydrogen-bond donors (Lipinski definition) is 0. The molecule has 0 radical (unpaired) electrons. The average Bonchev–Trinajstić information content (AvgIpc) is 3.09. The third kappa shape index (κ3) is 2.54. The van der Waals surface area contributed by atoms with Gasteiger partial charge in [0, 0.05) is 13.2 Å². The van der Waals surface area contributed by atoms with E-state index in [2.05, 4.69) is 31.0 Å². The molecule has 1 aromatic heterocycles. The van der Waals surface area contributed by atoms with Crippen LogP contribution in [0, 0.1) is 5.41 Å². The first-order valence-corrected chi connectivity index (χ1v) is 7.12. The van der Waals surface area contributed by atoms with Gasteiger partial charge >= 0.3 is 0 Å². The molecule has 5 nitrogen and oxygen atoms in total. The molecule has 1 unspecified atom stereocenters. The Morgan fingerprint density at radius 2 is 1.79 bits per heavy atom. The van der Waals surface area contributed by atoms with E-state index in [9.17, 15) is 0 Å². The van der Waals surface area contributed by atoms with Crippen molar-refractivity contribution < 1.29 is 13.9 Å². The van der Waals surface area contributed by atoms with Gasteiger partial charge in [-0.3, -0.25) is 0 Å². The van der Waals surface area contributed by atoms with Gasteiger partial charge in [-0.2, -0.15) is 0 Å². The van der Waals surface area contributed by atoms with E-state index in [1.54, 1.807) is 0 Å². The molecule has 0 amide bonds. The summed E-state index contributed by atoms with van der Waals surface area (Å²) >= 11 is 0. The molecular formula is C14H22N2O3. The first kappa shape index (κ1) is 13.1. The lowest BCUT2D eigenvalue weighted by atomic mass is 9.81. The summed E-state index contributed by atoms with van der Waals surface area (Å²) in [5, 5.41) is 8.39. The van der Waals surface area contributed by atoms with Crippen molar-refractivity contribution in [3.8, 4) is 0 Å². The minimum Gasteiger partial charge on any atom is -0.422 e. The van der Waals surface area contributed by atoms with Gasteiger partial charge in [0.1, 0.15) is 6.10 Å². The summed E-state index contributed by atoms with van der Waals surface area (Å²) in [4.78, 5) is 0. The molecule has 2 saturated heterocycles. The third-order valence-electron chi connectivity index (χ3n) is 3.92. The van der Waals surface area contributed by atoms with Crippen LogP contribution in [0.25, 0.3) is 0 Å². The van der Waals surface area contributed by atoms with E-state index in [1.807, 2.05) is 0 Å². The molecule has 2 aliphatic rings. The molecule has 3 heterocycles. The van der Waals surface area contributed by atoms with E-state index in [-0.39, 0.29) is 23.5 Å². The van der Waals surface area contributed by atoms with Gasteiger partial charge in [0.15, 0.2) is 0 Å². The van der Waals surface area contributed by atoms with Gasteiger partial charge in [0.25, 0.3) is 0 Å². The zero-order valence-electron chi connectivity index (χ0n) is 11.9. The molecule has 106 valence electrons. The lowest BCUT2D eigenvalue weighted by Crippen LogP contribution is -2.30.